The molecule has 7 heteroatoms. The first-order chi connectivity index (χ1) is 14.4. The molecule has 1 saturated heterocycles. The van der Waals surface area contributed by atoms with Crippen molar-refractivity contribution in [3.8, 4) is 11.5 Å². The normalized spacial score (nSPS) is 18.2. The quantitative estimate of drug-likeness (QED) is 0.681. The number of rotatable bonds is 7. The Bertz CT molecular complexity index is 939. The summed E-state index contributed by atoms with van der Waals surface area (Å²) in [6.45, 7) is 8.37. The van der Waals surface area contributed by atoms with Crippen LogP contribution in [0.25, 0.3) is 0 Å². The molecule has 0 spiro atoms. The summed E-state index contributed by atoms with van der Waals surface area (Å²) in [6.07, 6.45) is 0. The van der Waals surface area contributed by atoms with E-state index < -0.39 is 24.0 Å². The molecule has 2 aromatic carbocycles. The molecule has 2 amide bonds. The largest absolute Gasteiger partial charge is 0.493 e. The molecule has 30 heavy (non-hydrogen) atoms. The fourth-order valence-corrected chi connectivity index (χ4v) is 3.32. The molecule has 2 aromatic rings. The highest BCUT2D eigenvalue weighted by Gasteiger charge is 2.39. The lowest BCUT2D eigenvalue weighted by atomic mass is 9.89. The van der Waals surface area contributed by atoms with Crippen LogP contribution >= 0.6 is 0 Å². The molecular weight excluding hydrogens is 384 g/mol. The van der Waals surface area contributed by atoms with Crippen LogP contribution in [0.15, 0.2) is 54.7 Å². The van der Waals surface area contributed by atoms with Gasteiger partial charge >= 0.3 is 12.0 Å². The maximum Gasteiger partial charge on any atom is 0.319 e. The lowest BCUT2D eigenvalue weighted by Crippen LogP contribution is -2.51. The molecule has 0 saturated carbocycles. The van der Waals surface area contributed by atoms with Gasteiger partial charge in [-0.15, -0.1) is 0 Å². The van der Waals surface area contributed by atoms with Gasteiger partial charge in [-0.2, -0.15) is 0 Å². The number of carbonyl (C=O) groups excluding carboxylic acids is 2. The zero-order valence-corrected chi connectivity index (χ0v) is 17.4. The number of nitrogens with one attached hydrogen (secondary N) is 2. The van der Waals surface area contributed by atoms with E-state index in [9.17, 15) is 9.59 Å². The van der Waals surface area contributed by atoms with E-state index in [4.69, 9.17) is 14.2 Å². The Morgan fingerprint density at radius 3 is 2.53 bits per heavy atom. The summed E-state index contributed by atoms with van der Waals surface area (Å²) in [5.41, 5.74) is 2.97. The Morgan fingerprint density at radius 2 is 1.87 bits per heavy atom. The predicted molar refractivity (Wildman–Crippen MR) is 112 cm³/mol. The number of hydrogen-bond donors (Lipinski definition) is 2. The van der Waals surface area contributed by atoms with Gasteiger partial charge in [0.1, 0.15) is 12.5 Å². The fraction of sp³-hybridized carbons (Fsp3) is 0.304. The van der Waals surface area contributed by atoms with Gasteiger partial charge < -0.3 is 24.8 Å². The minimum atomic E-state index is -0.796. The Kier molecular flexibility index (Phi) is 6.61. The third-order valence-corrected chi connectivity index (χ3v) is 4.87. The standard InChI is InChI=1S/C23H26N2O5/c1-5-29-18-11-10-17(12-19(18)28-4)21-20(15(3)24-23(27)25-21)22(26)30-13-16-8-6-14(2)7-9-16/h6-12,20-21H,3,5,13H2,1-2,4H3,(H2,24,25,27). The van der Waals surface area contributed by atoms with Crippen molar-refractivity contribution in [1.82, 2.24) is 10.6 Å². The van der Waals surface area contributed by atoms with Crippen molar-refractivity contribution < 1.29 is 23.8 Å². The van der Waals surface area contributed by atoms with Gasteiger partial charge in [-0.3, -0.25) is 4.79 Å². The third-order valence-electron chi connectivity index (χ3n) is 4.87. The zero-order chi connectivity index (χ0) is 21.7. The van der Waals surface area contributed by atoms with Crippen molar-refractivity contribution in [2.24, 2.45) is 5.92 Å². The summed E-state index contributed by atoms with van der Waals surface area (Å²) in [6, 6.07) is 11.9. The monoisotopic (exact) mass is 410 g/mol. The molecule has 2 unspecified atom stereocenters. The number of urea groups is 1. The number of methoxy groups -OCH3 is 1. The smallest absolute Gasteiger partial charge is 0.319 e. The predicted octanol–water partition coefficient (Wildman–Crippen LogP) is 3.63. The Hall–Kier alpha value is -3.48. The van der Waals surface area contributed by atoms with Gasteiger partial charge in [-0.25, -0.2) is 4.79 Å². The summed E-state index contributed by atoms with van der Waals surface area (Å²) in [7, 11) is 1.54. The molecule has 1 fully saturated rings. The number of carbonyl (C=O) groups is 2. The molecule has 158 valence electrons. The fourth-order valence-electron chi connectivity index (χ4n) is 3.32. The highest BCUT2D eigenvalue weighted by atomic mass is 16.5. The molecule has 1 heterocycles. The minimum Gasteiger partial charge on any atom is -0.493 e. The van der Waals surface area contributed by atoms with Crippen LogP contribution < -0.4 is 20.1 Å². The topological polar surface area (TPSA) is 85.9 Å². The van der Waals surface area contributed by atoms with Crippen LogP contribution in [0.5, 0.6) is 11.5 Å². The molecule has 0 aliphatic carbocycles. The molecular formula is C23H26N2O5. The number of benzene rings is 2. The maximum absolute atomic E-state index is 12.9. The second kappa shape index (κ2) is 9.35. The van der Waals surface area contributed by atoms with Crippen molar-refractivity contribution >= 4 is 12.0 Å². The number of amides is 2. The van der Waals surface area contributed by atoms with Gasteiger partial charge in [0.2, 0.25) is 0 Å². The van der Waals surface area contributed by atoms with Crippen LogP contribution in [0.2, 0.25) is 0 Å². The van der Waals surface area contributed by atoms with E-state index in [1.54, 1.807) is 18.2 Å². The second-order valence-electron chi connectivity index (χ2n) is 7.02. The van der Waals surface area contributed by atoms with Crippen molar-refractivity contribution in [1.29, 1.82) is 0 Å². The lowest BCUT2D eigenvalue weighted by Gasteiger charge is -2.33. The Labute approximate surface area is 176 Å². The van der Waals surface area contributed by atoms with Crippen molar-refractivity contribution in [2.45, 2.75) is 26.5 Å². The number of esters is 1. The van der Waals surface area contributed by atoms with E-state index in [1.165, 1.54) is 7.11 Å². The maximum atomic E-state index is 12.9. The molecule has 2 N–H and O–H groups in total. The number of aryl methyl sites for hydroxylation is 1. The molecule has 7 nitrogen and oxygen atoms in total. The minimum absolute atomic E-state index is 0.135. The van der Waals surface area contributed by atoms with E-state index in [0.717, 1.165) is 11.1 Å². The van der Waals surface area contributed by atoms with E-state index >= 15 is 0 Å². The van der Waals surface area contributed by atoms with E-state index in [-0.39, 0.29) is 12.3 Å². The molecule has 3 rings (SSSR count). The first-order valence-corrected chi connectivity index (χ1v) is 9.72. The molecule has 1 aliphatic rings. The Morgan fingerprint density at radius 1 is 1.13 bits per heavy atom. The molecule has 0 bridgehead atoms. The Balaban J connectivity index is 1.83. The van der Waals surface area contributed by atoms with Gasteiger partial charge in [0, 0.05) is 5.70 Å². The lowest BCUT2D eigenvalue weighted by molar-refractivity contribution is -0.149. The van der Waals surface area contributed by atoms with Crippen LogP contribution in [-0.4, -0.2) is 25.7 Å². The summed E-state index contributed by atoms with van der Waals surface area (Å²) >= 11 is 0. The van der Waals surface area contributed by atoms with Gasteiger partial charge in [0.15, 0.2) is 11.5 Å². The second-order valence-corrected chi connectivity index (χ2v) is 7.02. The zero-order valence-electron chi connectivity index (χ0n) is 17.4. The highest BCUT2D eigenvalue weighted by molar-refractivity contribution is 5.85. The van der Waals surface area contributed by atoms with Gasteiger partial charge in [-0.1, -0.05) is 42.5 Å². The van der Waals surface area contributed by atoms with Crippen molar-refractivity contribution in [3.63, 3.8) is 0 Å². The molecule has 0 radical (unpaired) electrons. The van der Waals surface area contributed by atoms with E-state index in [1.807, 2.05) is 38.1 Å². The number of hydrogen-bond acceptors (Lipinski definition) is 5. The van der Waals surface area contributed by atoms with Gasteiger partial charge in [0.05, 0.1) is 19.8 Å². The van der Waals surface area contributed by atoms with Gasteiger partial charge in [0.25, 0.3) is 0 Å². The average molecular weight is 410 g/mol. The SMILES string of the molecule is C=C1NC(=O)NC(c2ccc(OCC)c(OC)c2)C1C(=O)OCc1ccc(C)cc1. The molecule has 0 aromatic heterocycles. The van der Waals surface area contributed by atoms with Crippen LogP contribution in [0.1, 0.15) is 29.7 Å². The van der Waals surface area contributed by atoms with Crippen molar-refractivity contribution in [3.05, 3.63) is 71.4 Å². The molecule has 1 aliphatic heterocycles. The van der Waals surface area contributed by atoms with Crippen LogP contribution in [0.4, 0.5) is 4.79 Å². The van der Waals surface area contributed by atoms with E-state index in [2.05, 4.69) is 17.2 Å². The average Bonchev–Trinajstić information content (AvgIpc) is 2.73. The molecule has 2 atom stereocenters. The first kappa shape index (κ1) is 21.2. The summed E-state index contributed by atoms with van der Waals surface area (Å²) in [5.74, 6) is -0.178. The summed E-state index contributed by atoms with van der Waals surface area (Å²) in [5, 5.41) is 5.37. The third kappa shape index (κ3) is 4.74. The highest BCUT2D eigenvalue weighted by Crippen LogP contribution is 2.36. The van der Waals surface area contributed by atoms with Crippen LogP contribution in [0, 0.1) is 12.8 Å². The van der Waals surface area contributed by atoms with Gasteiger partial charge in [-0.05, 0) is 37.1 Å². The van der Waals surface area contributed by atoms with E-state index in [0.29, 0.717) is 23.7 Å². The number of ether oxygens (including phenoxy) is 3. The van der Waals surface area contributed by atoms with Crippen LogP contribution in [-0.2, 0) is 16.1 Å². The first-order valence-electron chi connectivity index (χ1n) is 9.72. The summed E-state index contributed by atoms with van der Waals surface area (Å²) < 4.78 is 16.5. The summed E-state index contributed by atoms with van der Waals surface area (Å²) in [4.78, 5) is 25.0. The van der Waals surface area contributed by atoms with Crippen molar-refractivity contribution in [2.75, 3.05) is 13.7 Å². The van der Waals surface area contributed by atoms with Crippen LogP contribution in [0.3, 0.4) is 0 Å².